The Balaban J connectivity index is 2.11. The Kier molecular flexibility index (Phi) is 3.26. The van der Waals surface area contributed by atoms with E-state index in [1.54, 1.807) is 0 Å². The van der Waals surface area contributed by atoms with Crippen LogP contribution >= 0.6 is 12.6 Å². The van der Waals surface area contributed by atoms with Gasteiger partial charge in [0.15, 0.2) is 0 Å². The highest BCUT2D eigenvalue weighted by Crippen LogP contribution is 2.18. The summed E-state index contributed by atoms with van der Waals surface area (Å²) in [7, 11) is 0. The first-order valence-corrected chi connectivity index (χ1v) is 4.97. The van der Waals surface area contributed by atoms with Crippen molar-refractivity contribution < 1.29 is 0 Å². The molecule has 0 amide bonds. The molecule has 0 aromatic rings. The molecule has 1 aliphatic heterocycles. The third-order valence-electron chi connectivity index (χ3n) is 2.24. The lowest BCUT2D eigenvalue weighted by Crippen LogP contribution is -2.25. The number of likely N-dealkylation sites (tertiary alicyclic amines) is 1. The molecule has 0 unspecified atom stereocenters. The highest BCUT2D eigenvalue weighted by atomic mass is 32.1. The zero-order valence-corrected chi connectivity index (χ0v) is 8.53. The van der Waals surface area contributed by atoms with Gasteiger partial charge in [0, 0.05) is 4.75 Å². The minimum absolute atomic E-state index is 0.211. The average molecular weight is 173 g/mol. The SMILES string of the molecule is CC(C)(S)CCN1CCCC1. The van der Waals surface area contributed by atoms with E-state index >= 15 is 0 Å². The molecule has 0 radical (unpaired) electrons. The molecule has 1 saturated heterocycles. The fourth-order valence-corrected chi connectivity index (χ4v) is 1.54. The van der Waals surface area contributed by atoms with E-state index in [0.29, 0.717) is 0 Å². The summed E-state index contributed by atoms with van der Waals surface area (Å²) in [6.07, 6.45) is 4.00. The van der Waals surface area contributed by atoms with Crippen LogP contribution in [0.4, 0.5) is 0 Å². The summed E-state index contributed by atoms with van der Waals surface area (Å²) in [5.74, 6) is 0. The maximum Gasteiger partial charge on any atom is 0.00853 e. The number of nitrogens with zero attached hydrogens (tertiary/aromatic N) is 1. The lowest BCUT2D eigenvalue weighted by Gasteiger charge is -2.21. The van der Waals surface area contributed by atoms with Crippen LogP contribution in [0.15, 0.2) is 0 Å². The highest BCUT2D eigenvalue weighted by molar-refractivity contribution is 7.81. The van der Waals surface area contributed by atoms with Crippen molar-refractivity contribution in [3.63, 3.8) is 0 Å². The minimum Gasteiger partial charge on any atom is -0.303 e. The average Bonchev–Trinajstić information content (AvgIpc) is 2.32. The number of hydrogen-bond acceptors (Lipinski definition) is 2. The van der Waals surface area contributed by atoms with Crippen molar-refractivity contribution in [3.8, 4) is 0 Å². The predicted octanol–water partition coefficient (Wildman–Crippen LogP) is 2.18. The van der Waals surface area contributed by atoms with E-state index < -0.39 is 0 Å². The van der Waals surface area contributed by atoms with Gasteiger partial charge in [0.2, 0.25) is 0 Å². The molecule has 0 bridgehead atoms. The number of rotatable bonds is 3. The van der Waals surface area contributed by atoms with Crippen LogP contribution < -0.4 is 0 Å². The standard InChI is InChI=1S/C9H19NS/c1-9(2,11)5-8-10-6-3-4-7-10/h11H,3-8H2,1-2H3. The highest BCUT2D eigenvalue weighted by Gasteiger charge is 2.16. The maximum absolute atomic E-state index is 4.50. The predicted molar refractivity (Wildman–Crippen MR) is 53.4 cm³/mol. The molecule has 1 nitrogen and oxygen atoms in total. The molecule has 1 rings (SSSR count). The van der Waals surface area contributed by atoms with E-state index in [2.05, 4.69) is 31.4 Å². The van der Waals surface area contributed by atoms with Crippen molar-refractivity contribution in [3.05, 3.63) is 0 Å². The van der Waals surface area contributed by atoms with Crippen LogP contribution in [0.5, 0.6) is 0 Å². The molecule has 66 valence electrons. The second-order valence-electron chi connectivity index (χ2n) is 4.11. The molecule has 0 N–H and O–H groups in total. The molecular weight excluding hydrogens is 154 g/mol. The molecule has 0 aromatic carbocycles. The summed E-state index contributed by atoms with van der Waals surface area (Å²) in [6.45, 7) is 8.22. The summed E-state index contributed by atoms with van der Waals surface area (Å²) in [5.41, 5.74) is 0. The first kappa shape index (κ1) is 9.40. The van der Waals surface area contributed by atoms with Gasteiger partial charge in [0.25, 0.3) is 0 Å². The van der Waals surface area contributed by atoms with Gasteiger partial charge in [-0.25, -0.2) is 0 Å². The summed E-state index contributed by atoms with van der Waals surface area (Å²) >= 11 is 4.50. The van der Waals surface area contributed by atoms with E-state index in [-0.39, 0.29) is 4.75 Å². The Morgan fingerprint density at radius 2 is 1.82 bits per heavy atom. The third-order valence-corrected chi connectivity index (χ3v) is 2.46. The Labute approximate surface area is 75.6 Å². The first-order chi connectivity index (χ1) is 5.08. The van der Waals surface area contributed by atoms with Crippen molar-refractivity contribution in [2.45, 2.75) is 37.9 Å². The summed E-state index contributed by atoms with van der Waals surface area (Å²) in [4.78, 5) is 2.54. The largest absolute Gasteiger partial charge is 0.303 e. The van der Waals surface area contributed by atoms with Crippen LogP contribution in [-0.4, -0.2) is 29.3 Å². The zero-order chi connectivity index (χ0) is 8.32. The molecule has 1 aliphatic rings. The van der Waals surface area contributed by atoms with E-state index in [4.69, 9.17) is 0 Å². The van der Waals surface area contributed by atoms with Crippen LogP contribution in [0, 0.1) is 0 Å². The molecule has 2 heteroatoms. The molecule has 0 atom stereocenters. The summed E-state index contributed by atoms with van der Waals surface area (Å²) in [5, 5.41) is 0. The molecule has 1 heterocycles. The van der Waals surface area contributed by atoms with Gasteiger partial charge in [-0.3, -0.25) is 0 Å². The van der Waals surface area contributed by atoms with Gasteiger partial charge in [0.05, 0.1) is 0 Å². The fourth-order valence-electron chi connectivity index (χ4n) is 1.44. The zero-order valence-electron chi connectivity index (χ0n) is 7.64. The van der Waals surface area contributed by atoms with E-state index in [9.17, 15) is 0 Å². The Morgan fingerprint density at radius 3 is 2.27 bits per heavy atom. The molecule has 0 spiro atoms. The van der Waals surface area contributed by atoms with Crippen molar-refractivity contribution in [1.29, 1.82) is 0 Å². The van der Waals surface area contributed by atoms with Gasteiger partial charge in [-0.15, -0.1) is 0 Å². The van der Waals surface area contributed by atoms with Gasteiger partial charge >= 0.3 is 0 Å². The fraction of sp³-hybridized carbons (Fsp3) is 1.00. The van der Waals surface area contributed by atoms with Crippen molar-refractivity contribution in [1.82, 2.24) is 4.90 Å². The van der Waals surface area contributed by atoms with Gasteiger partial charge in [-0.2, -0.15) is 12.6 Å². The van der Waals surface area contributed by atoms with Gasteiger partial charge < -0.3 is 4.90 Å². The monoisotopic (exact) mass is 173 g/mol. The molecule has 0 aromatic heterocycles. The molecule has 0 aliphatic carbocycles. The van der Waals surface area contributed by atoms with Gasteiger partial charge in [0.1, 0.15) is 0 Å². The number of thiol groups is 1. The minimum atomic E-state index is 0.211. The topological polar surface area (TPSA) is 3.24 Å². The molecule has 0 saturated carbocycles. The van der Waals surface area contributed by atoms with Gasteiger partial charge in [-0.05, 0) is 38.9 Å². The van der Waals surface area contributed by atoms with Crippen LogP contribution in [0.3, 0.4) is 0 Å². The van der Waals surface area contributed by atoms with E-state index in [1.807, 2.05) is 0 Å². The molecular formula is C9H19NS. The lowest BCUT2D eigenvalue weighted by molar-refractivity contribution is 0.321. The quantitative estimate of drug-likeness (QED) is 0.640. The molecule has 11 heavy (non-hydrogen) atoms. The van der Waals surface area contributed by atoms with Crippen molar-refractivity contribution in [2.75, 3.05) is 19.6 Å². The molecule has 1 fully saturated rings. The normalized spacial score (nSPS) is 21.0. The third kappa shape index (κ3) is 4.02. The van der Waals surface area contributed by atoms with E-state index in [0.717, 1.165) is 0 Å². The van der Waals surface area contributed by atoms with Crippen LogP contribution in [-0.2, 0) is 0 Å². The lowest BCUT2D eigenvalue weighted by atomic mass is 10.1. The van der Waals surface area contributed by atoms with E-state index in [1.165, 1.54) is 38.9 Å². The van der Waals surface area contributed by atoms with Crippen molar-refractivity contribution >= 4 is 12.6 Å². The second kappa shape index (κ2) is 3.81. The van der Waals surface area contributed by atoms with Crippen LogP contribution in [0.2, 0.25) is 0 Å². The van der Waals surface area contributed by atoms with Crippen LogP contribution in [0.1, 0.15) is 33.1 Å². The Morgan fingerprint density at radius 1 is 1.27 bits per heavy atom. The van der Waals surface area contributed by atoms with Crippen molar-refractivity contribution in [2.24, 2.45) is 0 Å². The smallest absolute Gasteiger partial charge is 0.00853 e. The summed E-state index contributed by atoms with van der Waals surface area (Å²) < 4.78 is 0.211. The Hall–Kier alpha value is 0.310. The Bertz CT molecular complexity index is 111. The maximum atomic E-state index is 4.50. The van der Waals surface area contributed by atoms with Crippen LogP contribution in [0.25, 0.3) is 0 Å². The number of hydrogen-bond donors (Lipinski definition) is 1. The van der Waals surface area contributed by atoms with Gasteiger partial charge in [-0.1, -0.05) is 13.8 Å². The first-order valence-electron chi connectivity index (χ1n) is 4.53. The second-order valence-corrected chi connectivity index (χ2v) is 5.32. The summed E-state index contributed by atoms with van der Waals surface area (Å²) in [6, 6.07) is 0.